The van der Waals surface area contributed by atoms with Gasteiger partial charge < -0.3 is 9.88 Å². The van der Waals surface area contributed by atoms with Crippen molar-refractivity contribution in [3.63, 3.8) is 0 Å². The minimum Gasteiger partial charge on any atom is -0.350 e. The van der Waals surface area contributed by atoms with Crippen molar-refractivity contribution >= 4 is 16.8 Å². The normalized spacial score (nSPS) is 11.2. The van der Waals surface area contributed by atoms with Crippen molar-refractivity contribution in [3.8, 4) is 0 Å². The molecular weight excluding hydrogens is 224 g/mol. The maximum absolute atomic E-state index is 12.2. The third-order valence-corrected chi connectivity index (χ3v) is 3.25. The molecule has 1 heterocycles. The van der Waals surface area contributed by atoms with E-state index < -0.39 is 0 Å². The van der Waals surface area contributed by atoms with Crippen LogP contribution in [-0.4, -0.2) is 17.0 Å². The Morgan fingerprint density at radius 1 is 1.33 bits per heavy atom. The SMILES string of the molecule is Cc1c(C(=O)NCC(C)C)n(C)c2ccccc12. The molecule has 0 unspecified atom stereocenters. The van der Waals surface area contributed by atoms with Crippen molar-refractivity contribution in [1.29, 1.82) is 0 Å². The molecule has 1 N–H and O–H groups in total. The molecule has 3 nitrogen and oxygen atoms in total. The van der Waals surface area contributed by atoms with Crippen molar-refractivity contribution in [1.82, 2.24) is 9.88 Å². The average molecular weight is 244 g/mol. The van der Waals surface area contributed by atoms with Crippen LogP contribution in [0.3, 0.4) is 0 Å². The second-order valence-electron chi connectivity index (χ2n) is 5.15. The number of benzene rings is 1. The first-order chi connectivity index (χ1) is 8.52. The minimum atomic E-state index is 0.0138. The number of aryl methyl sites for hydroxylation is 2. The van der Waals surface area contributed by atoms with Crippen LogP contribution in [0.4, 0.5) is 0 Å². The lowest BCUT2D eigenvalue weighted by atomic mass is 10.1. The van der Waals surface area contributed by atoms with Gasteiger partial charge in [0.05, 0.1) is 0 Å². The van der Waals surface area contributed by atoms with Gasteiger partial charge in [0.15, 0.2) is 0 Å². The predicted octanol–water partition coefficient (Wildman–Crippen LogP) is 2.87. The molecule has 1 amide bonds. The summed E-state index contributed by atoms with van der Waals surface area (Å²) < 4.78 is 1.97. The summed E-state index contributed by atoms with van der Waals surface area (Å²) in [7, 11) is 1.94. The lowest BCUT2D eigenvalue weighted by molar-refractivity contribution is 0.0940. The molecule has 0 fully saturated rings. The fourth-order valence-corrected chi connectivity index (χ4v) is 2.29. The Kier molecular flexibility index (Phi) is 3.41. The van der Waals surface area contributed by atoms with Crippen molar-refractivity contribution in [3.05, 3.63) is 35.5 Å². The first-order valence-electron chi connectivity index (χ1n) is 6.34. The van der Waals surface area contributed by atoms with Gasteiger partial charge in [-0.15, -0.1) is 0 Å². The van der Waals surface area contributed by atoms with E-state index in [4.69, 9.17) is 0 Å². The lowest BCUT2D eigenvalue weighted by Crippen LogP contribution is -2.29. The molecule has 0 aliphatic heterocycles. The zero-order chi connectivity index (χ0) is 13.3. The Hall–Kier alpha value is -1.77. The molecule has 0 spiro atoms. The van der Waals surface area contributed by atoms with Gasteiger partial charge in [-0.3, -0.25) is 4.79 Å². The van der Waals surface area contributed by atoms with E-state index in [9.17, 15) is 4.79 Å². The van der Waals surface area contributed by atoms with Crippen molar-refractivity contribution in [2.75, 3.05) is 6.54 Å². The maximum Gasteiger partial charge on any atom is 0.268 e. The number of carbonyl (C=O) groups excluding carboxylic acids is 1. The summed E-state index contributed by atoms with van der Waals surface area (Å²) in [6.45, 7) is 6.90. The van der Waals surface area contributed by atoms with Crippen LogP contribution in [0.5, 0.6) is 0 Å². The number of hydrogen-bond donors (Lipinski definition) is 1. The molecule has 0 aliphatic rings. The molecule has 0 atom stereocenters. The highest BCUT2D eigenvalue weighted by molar-refractivity contribution is 6.01. The molecule has 1 aromatic carbocycles. The fraction of sp³-hybridized carbons (Fsp3) is 0.400. The highest BCUT2D eigenvalue weighted by Crippen LogP contribution is 2.24. The number of nitrogens with one attached hydrogen (secondary N) is 1. The summed E-state index contributed by atoms with van der Waals surface area (Å²) in [5, 5.41) is 4.13. The van der Waals surface area contributed by atoms with E-state index in [1.165, 1.54) is 0 Å². The standard InChI is InChI=1S/C15H20N2O/c1-10(2)9-16-15(18)14-11(3)12-7-5-6-8-13(12)17(14)4/h5-8,10H,9H2,1-4H3,(H,16,18). The van der Waals surface area contributed by atoms with Gasteiger partial charge in [-0.1, -0.05) is 32.0 Å². The van der Waals surface area contributed by atoms with Gasteiger partial charge in [-0.05, 0) is 24.5 Å². The Morgan fingerprint density at radius 3 is 2.61 bits per heavy atom. The Balaban J connectivity index is 2.42. The summed E-state index contributed by atoms with van der Waals surface area (Å²) in [5.74, 6) is 0.476. The van der Waals surface area contributed by atoms with Gasteiger partial charge in [-0.2, -0.15) is 0 Å². The number of aromatic nitrogens is 1. The van der Waals surface area contributed by atoms with Crippen LogP contribution in [-0.2, 0) is 7.05 Å². The molecular formula is C15H20N2O. The zero-order valence-electron chi connectivity index (χ0n) is 11.4. The summed E-state index contributed by atoms with van der Waals surface area (Å²) in [4.78, 5) is 12.2. The molecule has 0 saturated carbocycles. The first kappa shape index (κ1) is 12.7. The van der Waals surface area contributed by atoms with Crippen LogP contribution < -0.4 is 5.32 Å². The molecule has 3 heteroatoms. The van der Waals surface area contributed by atoms with Gasteiger partial charge in [0.1, 0.15) is 5.69 Å². The highest BCUT2D eigenvalue weighted by atomic mass is 16.1. The van der Waals surface area contributed by atoms with Crippen LogP contribution >= 0.6 is 0 Å². The van der Waals surface area contributed by atoms with Gasteiger partial charge in [0, 0.05) is 24.5 Å². The van der Waals surface area contributed by atoms with Crippen LogP contribution in [0, 0.1) is 12.8 Å². The first-order valence-corrected chi connectivity index (χ1v) is 6.34. The largest absolute Gasteiger partial charge is 0.350 e. The Morgan fingerprint density at radius 2 is 2.00 bits per heavy atom. The summed E-state index contributed by atoms with van der Waals surface area (Å²) in [5.41, 5.74) is 2.91. The fourth-order valence-electron chi connectivity index (χ4n) is 2.29. The lowest BCUT2D eigenvalue weighted by Gasteiger charge is -2.09. The number of nitrogens with zero attached hydrogens (tertiary/aromatic N) is 1. The van der Waals surface area contributed by atoms with Crippen LogP contribution in [0.1, 0.15) is 29.9 Å². The molecule has 0 bridgehead atoms. The number of rotatable bonds is 3. The summed E-state index contributed by atoms with van der Waals surface area (Å²) in [6, 6.07) is 8.11. The molecule has 0 saturated heterocycles. The van der Waals surface area contributed by atoms with E-state index in [1.54, 1.807) is 0 Å². The van der Waals surface area contributed by atoms with Gasteiger partial charge >= 0.3 is 0 Å². The Labute approximate surface area is 108 Å². The number of carbonyl (C=O) groups is 1. The van der Waals surface area contributed by atoms with Crippen LogP contribution in [0.2, 0.25) is 0 Å². The molecule has 0 radical (unpaired) electrons. The highest BCUT2D eigenvalue weighted by Gasteiger charge is 2.17. The minimum absolute atomic E-state index is 0.0138. The van der Waals surface area contributed by atoms with Gasteiger partial charge in [0.25, 0.3) is 5.91 Å². The van der Waals surface area contributed by atoms with E-state index in [2.05, 4.69) is 25.2 Å². The summed E-state index contributed by atoms with van der Waals surface area (Å²) in [6.07, 6.45) is 0. The van der Waals surface area contributed by atoms with E-state index in [0.717, 1.165) is 22.2 Å². The molecule has 18 heavy (non-hydrogen) atoms. The van der Waals surface area contributed by atoms with E-state index in [0.29, 0.717) is 12.5 Å². The summed E-state index contributed by atoms with van der Waals surface area (Å²) >= 11 is 0. The second kappa shape index (κ2) is 4.84. The van der Waals surface area contributed by atoms with Crippen molar-refractivity contribution in [2.24, 2.45) is 13.0 Å². The van der Waals surface area contributed by atoms with Gasteiger partial charge in [-0.25, -0.2) is 0 Å². The predicted molar refractivity (Wildman–Crippen MR) is 74.8 cm³/mol. The van der Waals surface area contributed by atoms with E-state index >= 15 is 0 Å². The number of hydrogen-bond acceptors (Lipinski definition) is 1. The van der Waals surface area contributed by atoms with Crippen LogP contribution in [0.15, 0.2) is 24.3 Å². The Bertz CT molecular complexity index is 542. The average Bonchev–Trinajstić information content (AvgIpc) is 2.60. The smallest absolute Gasteiger partial charge is 0.268 e. The molecule has 2 aromatic rings. The van der Waals surface area contributed by atoms with Crippen LogP contribution in [0.25, 0.3) is 10.9 Å². The number of amides is 1. The molecule has 96 valence electrons. The third kappa shape index (κ3) is 2.13. The van der Waals surface area contributed by atoms with Crippen molar-refractivity contribution < 1.29 is 4.79 Å². The van der Waals surface area contributed by atoms with Gasteiger partial charge in [0.2, 0.25) is 0 Å². The van der Waals surface area contributed by atoms with E-state index in [-0.39, 0.29) is 5.91 Å². The molecule has 0 aliphatic carbocycles. The number of para-hydroxylation sites is 1. The molecule has 1 aromatic heterocycles. The number of fused-ring (bicyclic) bond motifs is 1. The molecule has 2 rings (SSSR count). The monoisotopic (exact) mass is 244 g/mol. The zero-order valence-corrected chi connectivity index (χ0v) is 11.4. The topological polar surface area (TPSA) is 34.0 Å². The second-order valence-corrected chi connectivity index (χ2v) is 5.15. The maximum atomic E-state index is 12.2. The van der Waals surface area contributed by atoms with Crippen molar-refractivity contribution in [2.45, 2.75) is 20.8 Å². The quantitative estimate of drug-likeness (QED) is 0.885. The van der Waals surface area contributed by atoms with E-state index in [1.807, 2.05) is 36.7 Å². The third-order valence-electron chi connectivity index (χ3n) is 3.25.